The number of carbonyl (C=O) groups is 1. The molecule has 38 heavy (non-hydrogen) atoms. The zero-order valence-electron chi connectivity index (χ0n) is 20.8. The van der Waals surface area contributed by atoms with E-state index in [1.54, 1.807) is 32.0 Å². The molecule has 6 N–H and O–H groups in total. The number of hydrogen-bond donors (Lipinski definition) is 4. The lowest BCUT2D eigenvalue weighted by molar-refractivity contribution is -0.149. The minimum absolute atomic E-state index is 0.116. The van der Waals surface area contributed by atoms with Gasteiger partial charge in [0.25, 0.3) is 0 Å². The van der Waals surface area contributed by atoms with Crippen molar-refractivity contribution in [2.75, 3.05) is 19.0 Å². The number of nitrogens with two attached hydrogens (primary N) is 2. The van der Waals surface area contributed by atoms with Crippen molar-refractivity contribution in [2.24, 2.45) is 5.73 Å². The van der Waals surface area contributed by atoms with Crippen molar-refractivity contribution in [3.63, 3.8) is 0 Å². The number of nitrogen functional groups attached to an aromatic ring is 1. The average molecular weight is 561 g/mol. The monoisotopic (exact) mass is 561 g/mol. The number of rotatable bonds is 11. The van der Waals surface area contributed by atoms with E-state index in [2.05, 4.69) is 10.1 Å². The van der Waals surface area contributed by atoms with Crippen molar-refractivity contribution in [1.29, 1.82) is 0 Å². The number of nitrogens with one attached hydrogen (secondary N) is 1. The number of carbonyl (C=O) groups excluding carboxylic acids is 1. The number of halogens is 2. The molecule has 1 aromatic heterocycles. The summed E-state index contributed by atoms with van der Waals surface area (Å²) in [4.78, 5) is 27.9. The average Bonchev–Trinajstić information content (AvgIpc) is 3.10. The van der Waals surface area contributed by atoms with Crippen molar-refractivity contribution in [1.82, 2.24) is 14.6 Å². The summed E-state index contributed by atoms with van der Waals surface area (Å²) in [6.07, 6.45) is -4.85. The van der Waals surface area contributed by atoms with E-state index < -0.39 is 80.4 Å². The minimum atomic E-state index is -4.37. The zero-order chi connectivity index (χ0) is 28.3. The van der Waals surface area contributed by atoms with Crippen molar-refractivity contribution in [2.45, 2.75) is 56.9 Å². The molecule has 1 fully saturated rings. The molecule has 3 rings (SSSR count). The van der Waals surface area contributed by atoms with Gasteiger partial charge in [-0.2, -0.15) is 10.1 Å². The molecule has 2 aromatic rings. The van der Waals surface area contributed by atoms with E-state index in [9.17, 15) is 28.0 Å². The number of aromatic nitrogens is 2. The first-order valence-electron chi connectivity index (χ1n) is 11.5. The molecule has 0 bridgehead atoms. The van der Waals surface area contributed by atoms with Crippen LogP contribution in [0.15, 0.2) is 41.3 Å². The normalized spacial score (nSPS) is 25.6. The van der Waals surface area contributed by atoms with E-state index >= 15 is 0 Å². The van der Waals surface area contributed by atoms with Crippen molar-refractivity contribution >= 4 is 19.5 Å². The Morgan fingerprint density at radius 3 is 2.61 bits per heavy atom. The number of hydrogen-bond acceptors (Lipinski definition) is 11. The number of benzene rings is 1. The molecule has 1 aliphatic rings. The molecule has 0 aliphatic carbocycles. The van der Waals surface area contributed by atoms with Gasteiger partial charge in [0, 0.05) is 0 Å². The van der Waals surface area contributed by atoms with Crippen LogP contribution in [0.2, 0.25) is 0 Å². The lowest BCUT2D eigenvalue weighted by Gasteiger charge is -2.30. The molecule has 16 heteroatoms. The first kappa shape index (κ1) is 29.6. The Hall–Kier alpha value is -2.94. The standard InChI is InChI=1S/C22H30F2N5O8P/c1-12(2)35-19(31)13(3)28-38(33,37-14-7-5-4-6-8-14)34-10-16-17(30)22(26,11-23)20(36-16)29-9-15(24)18(25)27-21(29)32/h4-9,12-13,16-17,20,30H,10-11,26H2,1-3H3,(H,28,33)(H2,25,27,32)/t13-,16+,17?,20+,22+,38+/m0/s1. The van der Waals surface area contributed by atoms with Crippen molar-refractivity contribution in [3.8, 4) is 5.75 Å². The maximum absolute atomic E-state index is 14.1. The highest BCUT2D eigenvalue weighted by atomic mass is 31.2. The van der Waals surface area contributed by atoms with Gasteiger partial charge in [-0.15, -0.1) is 0 Å². The quantitative estimate of drug-likeness (QED) is 0.225. The maximum Gasteiger partial charge on any atom is 0.459 e. The molecule has 1 saturated heterocycles. The molecule has 1 aliphatic heterocycles. The smallest absolute Gasteiger partial charge is 0.459 e. The number of ether oxygens (including phenoxy) is 2. The Kier molecular flexibility index (Phi) is 9.23. The molecule has 13 nitrogen and oxygen atoms in total. The molecular formula is C22H30F2N5O8P. The summed E-state index contributed by atoms with van der Waals surface area (Å²) < 4.78 is 63.9. The highest BCUT2D eigenvalue weighted by Gasteiger charge is 2.56. The van der Waals surface area contributed by atoms with E-state index in [0.717, 1.165) is 0 Å². The fourth-order valence-electron chi connectivity index (χ4n) is 3.59. The summed E-state index contributed by atoms with van der Waals surface area (Å²) in [5.74, 6) is -2.42. The van der Waals surface area contributed by atoms with Crippen LogP contribution >= 0.6 is 7.75 Å². The van der Waals surface area contributed by atoms with Gasteiger partial charge < -0.3 is 30.6 Å². The Bertz CT molecular complexity index is 1240. The first-order valence-corrected chi connectivity index (χ1v) is 13.0. The van der Waals surface area contributed by atoms with E-state index in [-0.39, 0.29) is 5.75 Å². The number of aliphatic hydroxyl groups excluding tert-OH is 1. The molecule has 210 valence electrons. The van der Waals surface area contributed by atoms with Gasteiger partial charge in [-0.25, -0.2) is 18.1 Å². The van der Waals surface area contributed by atoms with Crippen LogP contribution in [0.3, 0.4) is 0 Å². The van der Waals surface area contributed by atoms with E-state index in [1.165, 1.54) is 19.1 Å². The number of esters is 1. The summed E-state index contributed by atoms with van der Waals surface area (Å²) in [5.41, 5.74) is 7.97. The van der Waals surface area contributed by atoms with Crippen LogP contribution in [0.4, 0.5) is 14.6 Å². The van der Waals surface area contributed by atoms with Gasteiger partial charge in [0.15, 0.2) is 17.9 Å². The second-order valence-electron chi connectivity index (χ2n) is 8.92. The molecular weight excluding hydrogens is 531 g/mol. The maximum atomic E-state index is 14.1. The lowest BCUT2D eigenvalue weighted by atomic mass is 9.92. The third-order valence-electron chi connectivity index (χ3n) is 5.52. The molecule has 2 heterocycles. The van der Waals surface area contributed by atoms with Crippen LogP contribution < -0.4 is 26.8 Å². The summed E-state index contributed by atoms with van der Waals surface area (Å²) >= 11 is 0. The molecule has 1 aromatic carbocycles. The third-order valence-corrected chi connectivity index (χ3v) is 7.16. The van der Waals surface area contributed by atoms with E-state index in [4.69, 9.17) is 30.0 Å². The topological polar surface area (TPSA) is 190 Å². The molecule has 1 unspecified atom stereocenters. The molecule has 0 saturated carbocycles. The summed E-state index contributed by atoms with van der Waals surface area (Å²) in [7, 11) is -4.37. The van der Waals surface area contributed by atoms with Crippen LogP contribution in [-0.2, 0) is 23.4 Å². The van der Waals surface area contributed by atoms with Crippen molar-refractivity contribution in [3.05, 3.63) is 52.8 Å². The van der Waals surface area contributed by atoms with Gasteiger partial charge >= 0.3 is 19.4 Å². The van der Waals surface area contributed by atoms with Crippen LogP contribution in [-0.4, -0.2) is 63.8 Å². The number of aliphatic hydroxyl groups is 1. The second kappa shape index (κ2) is 11.8. The number of nitrogens with zero attached hydrogens (tertiary/aromatic N) is 2. The molecule has 0 spiro atoms. The van der Waals surface area contributed by atoms with E-state index in [1.807, 2.05) is 0 Å². The Morgan fingerprint density at radius 1 is 1.34 bits per heavy atom. The predicted molar refractivity (Wildman–Crippen MR) is 130 cm³/mol. The van der Waals surface area contributed by atoms with Gasteiger partial charge in [-0.1, -0.05) is 18.2 Å². The second-order valence-corrected chi connectivity index (χ2v) is 10.6. The SMILES string of the molecule is CC(C)OC(=O)[C@H](C)N[P@@](=O)(OC[C@H]1O[C@@H](n2cc(F)c(N)nc2=O)[C@@](N)(CF)C1O)Oc1ccccc1. The highest BCUT2D eigenvalue weighted by Crippen LogP contribution is 2.46. The van der Waals surface area contributed by atoms with Gasteiger partial charge in [-0.3, -0.25) is 13.9 Å². The van der Waals surface area contributed by atoms with Gasteiger partial charge in [0.2, 0.25) is 0 Å². The van der Waals surface area contributed by atoms with Gasteiger partial charge in [0.1, 0.15) is 36.2 Å². The molecule has 0 amide bonds. The number of alkyl halides is 1. The predicted octanol–water partition coefficient (Wildman–Crippen LogP) is 1.02. The Morgan fingerprint density at radius 2 is 2.00 bits per heavy atom. The zero-order valence-corrected chi connectivity index (χ0v) is 21.7. The largest absolute Gasteiger partial charge is 0.462 e. The molecule has 6 atom stereocenters. The fraction of sp³-hybridized carbons (Fsp3) is 0.500. The van der Waals surface area contributed by atoms with Gasteiger partial charge in [0.05, 0.1) is 18.9 Å². The minimum Gasteiger partial charge on any atom is -0.462 e. The van der Waals surface area contributed by atoms with Crippen LogP contribution in [0.25, 0.3) is 0 Å². The number of para-hydroxylation sites is 1. The summed E-state index contributed by atoms with van der Waals surface area (Å²) in [6.45, 7) is 2.53. The lowest BCUT2D eigenvalue weighted by Crippen LogP contribution is -2.57. The highest BCUT2D eigenvalue weighted by molar-refractivity contribution is 7.52. The Balaban J connectivity index is 1.84. The molecule has 0 radical (unpaired) electrons. The first-order chi connectivity index (χ1) is 17.8. The van der Waals surface area contributed by atoms with Crippen LogP contribution in [0.1, 0.15) is 27.0 Å². The van der Waals surface area contributed by atoms with Crippen molar-refractivity contribution < 1.29 is 41.8 Å². The summed E-state index contributed by atoms with van der Waals surface area (Å²) in [6, 6.07) is 6.70. The summed E-state index contributed by atoms with van der Waals surface area (Å²) in [5, 5.41) is 13.2. The Labute approximate surface area is 216 Å². The number of anilines is 1. The van der Waals surface area contributed by atoms with E-state index in [0.29, 0.717) is 10.8 Å². The fourth-order valence-corrected chi connectivity index (χ4v) is 5.09. The third kappa shape index (κ3) is 6.54. The van der Waals surface area contributed by atoms with Crippen LogP contribution in [0, 0.1) is 5.82 Å². The van der Waals surface area contributed by atoms with Crippen LogP contribution in [0.5, 0.6) is 5.75 Å². The van der Waals surface area contributed by atoms with Gasteiger partial charge in [-0.05, 0) is 32.9 Å².